The number of carbonyl (C=O) groups is 1. The van der Waals surface area contributed by atoms with Crippen molar-refractivity contribution in [3.05, 3.63) is 41.0 Å². The molecule has 1 fully saturated rings. The second-order valence-corrected chi connectivity index (χ2v) is 7.65. The number of fused-ring (bicyclic) bond motifs is 3. The average molecular weight is 430 g/mol. The minimum absolute atomic E-state index is 0.0701. The number of ether oxygens (including phenoxy) is 6. The lowest BCUT2D eigenvalue weighted by atomic mass is 9.66. The van der Waals surface area contributed by atoms with Crippen LogP contribution in [0.1, 0.15) is 28.7 Å². The molecule has 9 heteroatoms. The first-order valence-electron chi connectivity index (χ1n) is 9.78. The number of esters is 1. The Hall–Kier alpha value is -3.17. The predicted octanol–water partition coefficient (Wildman–Crippen LogP) is 1.73. The minimum Gasteiger partial charge on any atom is -0.493 e. The lowest BCUT2D eigenvalue weighted by molar-refractivity contribution is -0.159. The topological polar surface area (TPSA) is 113 Å². The van der Waals surface area contributed by atoms with Gasteiger partial charge in [-0.2, -0.15) is 0 Å². The summed E-state index contributed by atoms with van der Waals surface area (Å²) in [6.45, 7) is 0.0701. The van der Waals surface area contributed by atoms with Gasteiger partial charge >= 0.3 is 5.97 Å². The van der Waals surface area contributed by atoms with E-state index in [2.05, 4.69) is 0 Å². The van der Waals surface area contributed by atoms with E-state index in [-0.39, 0.29) is 6.79 Å². The molecule has 2 N–H and O–H groups in total. The van der Waals surface area contributed by atoms with Crippen LogP contribution < -0.4 is 23.7 Å². The molecule has 2 aliphatic heterocycles. The smallest absolute Gasteiger partial charge is 0.312 e. The Bertz CT molecular complexity index is 1020. The van der Waals surface area contributed by atoms with Crippen LogP contribution in [0, 0.1) is 11.8 Å². The van der Waals surface area contributed by atoms with Gasteiger partial charge in [-0.25, -0.2) is 0 Å². The molecule has 9 nitrogen and oxygen atoms in total. The van der Waals surface area contributed by atoms with Crippen LogP contribution in [0.4, 0.5) is 0 Å². The summed E-state index contributed by atoms with van der Waals surface area (Å²) < 4.78 is 32.5. The molecule has 0 aromatic heterocycles. The minimum atomic E-state index is -1.42. The van der Waals surface area contributed by atoms with Crippen molar-refractivity contribution in [2.24, 2.45) is 11.8 Å². The predicted molar refractivity (Wildman–Crippen MR) is 105 cm³/mol. The Morgan fingerprint density at radius 3 is 2.10 bits per heavy atom. The summed E-state index contributed by atoms with van der Waals surface area (Å²) in [4.78, 5) is 12.8. The number of hydrogen-bond acceptors (Lipinski definition) is 9. The van der Waals surface area contributed by atoms with Gasteiger partial charge in [-0.15, -0.1) is 0 Å². The van der Waals surface area contributed by atoms with Gasteiger partial charge in [0.25, 0.3) is 0 Å². The Morgan fingerprint density at radius 2 is 1.52 bits per heavy atom. The number of carbonyl (C=O) groups excluding carboxylic acids is 1. The van der Waals surface area contributed by atoms with Crippen molar-refractivity contribution in [1.29, 1.82) is 0 Å². The molecule has 0 bridgehead atoms. The molecule has 5 atom stereocenters. The first-order chi connectivity index (χ1) is 15.0. The van der Waals surface area contributed by atoms with Crippen molar-refractivity contribution >= 4 is 5.97 Å². The van der Waals surface area contributed by atoms with E-state index in [1.807, 2.05) is 0 Å². The number of aliphatic hydroxyl groups excluding tert-OH is 2. The van der Waals surface area contributed by atoms with Gasteiger partial charge in [0.05, 0.1) is 39.3 Å². The van der Waals surface area contributed by atoms with E-state index in [0.29, 0.717) is 45.4 Å². The summed E-state index contributed by atoms with van der Waals surface area (Å²) in [6.07, 6.45) is -2.54. The van der Waals surface area contributed by atoms with E-state index in [1.165, 1.54) is 21.3 Å². The second kappa shape index (κ2) is 7.21. The van der Waals surface area contributed by atoms with Gasteiger partial charge in [0, 0.05) is 5.92 Å². The van der Waals surface area contributed by atoms with Crippen molar-refractivity contribution < 1.29 is 43.4 Å². The van der Waals surface area contributed by atoms with E-state index in [1.54, 1.807) is 24.3 Å². The molecule has 0 spiro atoms. The number of cyclic esters (lactones) is 1. The van der Waals surface area contributed by atoms with Gasteiger partial charge in [-0.1, -0.05) is 0 Å². The normalized spacial score (nSPS) is 27.9. The Labute approximate surface area is 178 Å². The van der Waals surface area contributed by atoms with Gasteiger partial charge in [0.15, 0.2) is 23.0 Å². The second-order valence-electron chi connectivity index (χ2n) is 7.65. The summed E-state index contributed by atoms with van der Waals surface area (Å²) in [5, 5.41) is 21.4. The van der Waals surface area contributed by atoms with Crippen molar-refractivity contribution in [2.75, 3.05) is 28.1 Å². The third-order valence-corrected chi connectivity index (χ3v) is 6.25. The first kappa shape index (κ1) is 19.8. The van der Waals surface area contributed by atoms with Crippen molar-refractivity contribution in [2.45, 2.75) is 18.3 Å². The zero-order chi connectivity index (χ0) is 21.9. The Morgan fingerprint density at radius 1 is 0.903 bits per heavy atom. The maximum Gasteiger partial charge on any atom is 0.312 e. The molecule has 164 valence electrons. The van der Waals surface area contributed by atoms with Crippen LogP contribution in [-0.2, 0) is 9.53 Å². The third-order valence-electron chi connectivity index (χ3n) is 6.25. The molecule has 0 saturated carbocycles. The van der Waals surface area contributed by atoms with Crippen molar-refractivity contribution in [3.63, 3.8) is 0 Å². The molecule has 31 heavy (non-hydrogen) atoms. The quantitative estimate of drug-likeness (QED) is 0.700. The molecule has 1 saturated heterocycles. The molecule has 2 aromatic rings. The summed E-state index contributed by atoms with van der Waals surface area (Å²) in [7, 11) is 4.52. The molecular weight excluding hydrogens is 408 g/mol. The molecule has 0 radical (unpaired) electrons. The zero-order valence-electron chi connectivity index (χ0n) is 17.2. The van der Waals surface area contributed by atoms with E-state index in [9.17, 15) is 15.0 Å². The molecule has 2 heterocycles. The Balaban J connectivity index is 1.76. The fourth-order valence-electron chi connectivity index (χ4n) is 4.89. The highest BCUT2D eigenvalue weighted by atomic mass is 16.7. The SMILES string of the molecule is COc1cc([C@@H]2c3cc4c(cc3[C@H](O)[C@H]3C(O)OC(=O)[C@H]23)OCO4)cc(OC)c1OC. The summed E-state index contributed by atoms with van der Waals surface area (Å²) in [5.41, 5.74) is 1.91. The lowest BCUT2D eigenvalue weighted by Gasteiger charge is -2.37. The van der Waals surface area contributed by atoms with Crippen LogP contribution >= 0.6 is 0 Å². The van der Waals surface area contributed by atoms with E-state index in [0.717, 1.165) is 0 Å². The standard InChI is InChI=1S/C22H22O9/c1-26-14-4-9(5-15(27-2)20(14)28-3)16-10-6-12-13(30-8-29-12)7-11(10)19(23)18-17(16)21(24)31-22(18)25/h4-7,16-19,22-23,25H,8H2,1-3H3/t16-,17-,18+,19+,22?/m1/s1. The fourth-order valence-corrected chi connectivity index (χ4v) is 4.89. The van der Waals surface area contributed by atoms with E-state index < -0.39 is 36.1 Å². The maximum absolute atomic E-state index is 12.8. The maximum atomic E-state index is 12.8. The number of methoxy groups -OCH3 is 3. The number of aliphatic hydroxyl groups is 2. The highest BCUT2D eigenvalue weighted by Gasteiger charge is 2.56. The molecule has 2 aromatic carbocycles. The number of hydrogen-bond donors (Lipinski definition) is 2. The van der Waals surface area contributed by atoms with Crippen LogP contribution in [0.3, 0.4) is 0 Å². The van der Waals surface area contributed by atoms with Gasteiger partial charge in [-0.05, 0) is 41.0 Å². The molecule has 0 amide bonds. The molecule has 5 rings (SSSR count). The average Bonchev–Trinajstić information content (AvgIpc) is 3.35. The number of benzene rings is 2. The summed E-state index contributed by atoms with van der Waals surface area (Å²) >= 11 is 0. The number of rotatable bonds is 4. The molecular formula is C22H22O9. The monoisotopic (exact) mass is 430 g/mol. The molecule has 1 aliphatic carbocycles. The van der Waals surface area contributed by atoms with Gasteiger partial charge in [0.1, 0.15) is 0 Å². The Kier molecular flexibility index (Phi) is 4.60. The van der Waals surface area contributed by atoms with Gasteiger partial charge in [-0.3, -0.25) is 4.79 Å². The fraction of sp³-hybridized carbons (Fsp3) is 0.409. The van der Waals surface area contributed by atoms with Crippen LogP contribution in [0.15, 0.2) is 24.3 Å². The molecule has 1 unspecified atom stereocenters. The highest BCUT2D eigenvalue weighted by molar-refractivity contribution is 5.79. The van der Waals surface area contributed by atoms with Crippen LogP contribution in [0.25, 0.3) is 0 Å². The van der Waals surface area contributed by atoms with Gasteiger partial charge < -0.3 is 38.6 Å². The largest absolute Gasteiger partial charge is 0.493 e. The van der Waals surface area contributed by atoms with E-state index >= 15 is 0 Å². The first-order valence-corrected chi connectivity index (χ1v) is 9.78. The van der Waals surface area contributed by atoms with Crippen molar-refractivity contribution in [3.8, 4) is 28.7 Å². The summed E-state index contributed by atoms with van der Waals surface area (Å²) in [6, 6.07) is 6.97. The lowest BCUT2D eigenvalue weighted by Crippen LogP contribution is -2.37. The van der Waals surface area contributed by atoms with E-state index in [4.69, 9.17) is 28.4 Å². The van der Waals surface area contributed by atoms with Gasteiger partial charge in [0.2, 0.25) is 18.8 Å². The molecule has 3 aliphatic rings. The van der Waals surface area contributed by atoms with Crippen molar-refractivity contribution in [1.82, 2.24) is 0 Å². The highest BCUT2D eigenvalue weighted by Crippen LogP contribution is 2.56. The third kappa shape index (κ3) is 2.80. The zero-order valence-corrected chi connectivity index (χ0v) is 17.2. The summed E-state index contributed by atoms with van der Waals surface area (Å²) in [5.74, 6) is -0.517. The van der Waals surface area contributed by atoms with Crippen LogP contribution in [0.2, 0.25) is 0 Å². The van der Waals surface area contributed by atoms with Crippen LogP contribution in [0.5, 0.6) is 28.7 Å². The van der Waals surface area contributed by atoms with Crippen LogP contribution in [-0.4, -0.2) is 50.6 Å².